The van der Waals surface area contributed by atoms with Crippen LogP contribution in [0.1, 0.15) is 30.4 Å². The third-order valence-corrected chi connectivity index (χ3v) is 8.95. The Morgan fingerprint density at radius 1 is 1.19 bits per heavy atom. The van der Waals surface area contributed by atoms with Crippen LogP contribution in [0.3, 0.4) is 0 Å². The SMILES string of the molecule is C=CCN1CC[C@]23c4c5ccc(O[C@@H]6O[C@H](C(=O)O)[C@@H](O)[C@H](O)[C@H]6O)c4O[C@H]2C(O)CC[C@@]3(O)[C@H]1C5. The van der Waals surface area contributed by atoms with Crippen molar-refractivity contribution in [1.82, 2.24) is 4.90 Å². The van der Waals surface area contributed by atoms with E-state index in [1.807, 2.05) is 12.1 Å². The molecule has 1 unspecified atom stereocenters. The summed E-state index contributed by atoms with van der Waals surface area (Å²) < 4.78 is 17.5. The van der Waals surface area contributed by atoms with Gasteiger partial charge in [0.1, 0.15) is 24.4 Å². The van der Waals surface area contributed by atoms with E-state index in [0.717, 1.165) is 11.1 Å². The standard InChI is InChI=1S/C25H31NO10/c1-2-8-26-9-7-24-15-11-3-4-13(34-23-18(30)16(28)17(29)20(36-23)22(31)32)19(15)35-21(24)12(27)5-6-25(24,33)14(26)10-11/h2-4,12,14,16-18,20-21,23,27-30,33H,1,5-10H2,(H,31,32)/t12?,14-,16+,17+,18-,20+,21+,23-,24+,25-/m1/s1. The van der Waals surface area contributed by atoms with Crippen LogP contribution in [0.25, 0.3) is 0 Å². The maximum absolute atomic E-state index is 12.2. The van der Waals surface area contributed by atoms with Gasteiger partial charge >= 0.3 is 5.97 Å². The Kier molecular flexibility index (Phi) is 5.44. The number of benzene rings is 1. The molecule has 5 aliphatic rings. The minimum absolute atomic E-state index is 0.135. The number of carboxylic acids is 1. The van der Waals surface area contributed by atoms with Gasteiger partial charge in [0.2, 0.25) is 6.29 Å². The Hall–Kier alpha value is -2.25. The largest absolute Gasteiger partial charge is 0.482 e. The number of aliphatic carboxylic acids is 1. The molecular formula is C25H31NO10. The first-order chi connectivity index (χ1) is 17.1. The van der Waals surface area contributed by atoms with Crippen LogP contribution in [-0.4, -0.2) is 109 Å². The van der Waals surface area contributed by atoms with Crippen LogP contribution in [0.2, 0.25) is 0 Å². The molecule has 2 bridgehead atoms. The normalized spacial score (nSPS) is 44.9. The third kappa shape index (κ3) is 2.96. The lowest BCUT2D eigenvalue weighted by Crippen LogP contribution is -2.77. The monoisotopic (exact) mass is 505 g/mol. The first kappa shape index (κ1) is 24.1. The number of hydrogen-bond acceptors (Lipinski definition) is 10. The number of rotatable bonds is 5. The van der Waals surface area contributed by atoms with Gasteiger partial charge in [0.15, 0.2) is 17.6 Å². The van der Waals surface area contributed by atoms with E-state index < -0.39 is 59.9 Å². The molecule has 1 aromatic carbocycles. The molecule has 11 nitrogen and oxygen atoms in total. The molecule has 6 N–H and O–H groups in total. The van der Waals surface area contributed by atoms with E-state index >= 15 is 0 Å². The molecule has 3 heterocycles. The summed E-state index contributed by atoms with van der Waals surface area (Å²) in [6.07, 6.45) is -6.57. The lowest BCUT2D eigenvalue weighted by atomic mass is 9.48. The molecule has 2 saturated heterocycles. The maximum Gasteiger partial charge on any atom is 0.335 e. The first-order valence-corrected chi connectivity index (χ1v) is 12.3. The minimum atomic E-state index is -1.84. The third-order valence-electron chi connectivity index (χ3n) is 8.95. The number of piperidine rings is 1. The van der Waals surface area contributed by atoms with E-state index in [2.05, 4.69) is 11.5 Å². The highest BCUT2D eigenvalue weighted by atomic mass is 16.7. The summed E-state index contributed by atoms with van der Waals surface area (Å²) in [4.78, 5) is 13.7. The van der Waals surface area contributed by atoms with E-state index in [1.165, 1.54) is 0 Å². The topological polar surface area (TPSA) is 169 Å². The number of likely N-dealkylation sites (tertiary alicyclic amines) is 1. The van der Waals surface area contributed by atoms with Gasteiger partial charge < -0.3 is 44.8 Å². The zero-order valence-corrected chi connectivity index (χ0v) is 19.6. The zero-order valence-electron chi connectivity index (χ0n) is 19.6. The van der Waals surface area contributed by atoms with Crippen molar-refractivity contribution >= 4 is 5.97 Å². The Bertz CT molecular complexity index is 1100. The van der Waals surface area contributed by atoms with Crippen molar-refractivity contribution in [1.29, 1.82) is 0 Å². The number of hydrogen-bond donors (Lipinski definition) is 6. The second-order valence-corrected chi connectivity index (χ2v) is 10.6. The number of carbonyl (C=O) groups is 1. The minimum Gasteiger partial charge on any atom is -0.482 e. The van der Waals surface area contributed by atoms with Crippen LogP contribution in [0, 0.1) is 0 Å². The van der Waals surface area contributed by atoms with Crippen LogP contribution in [0.15, 0.2) is 24.8 Å². The van der Waals surface area contributed by atoms with Crippen molar-refractivity contribution in [2.75, 3.05) is 13.1 Å². The highest BCUT2D eigenvalue weighted by molar-refractivity contribution is 5.73. The molecule has 1 saturated carbocycles. The van der Waals surface area contributed by atoms with Gasteiger partial charge in [0.05, 0.1) is 17.1 Å². The van der Waals surface area contributed by atoms with Crippen LogP contribution in [0.4, 0.5) is 0 Å². The lowest BCUT2D eigenvalue weighted by Gasteiger charge is -2.63. The Labute approximate surface area is 207 Å². The fourth-order valence-corrected chi connectivity index (χ4v) is 7.35. The van der Waals surface area contributed by atoms with Crippen molar-refractivity contribution in [3.63, 3.8) is 0 Å². The van der Waals surface area contributed by atoms with Crippen molar-refractivity contribution in [3.05, 3.63) is 35.9 Å². The molecule has 3 fully saturated rings. The summed E-state index contributed by atoms with van der Waals surface area (Å²) >= 11 is 0. The fourth-order valence-electron chi connectivity index (χ4n) is 7.35. The van der Waals surface area contributed by atoms with E-state index in [0.29, 0.717) is 44.5 Å². The van der Waals surface area contributed by atoms with Crippen LogP contribution in [0.5, 0.6) is 11.5 Å². The Morgan fingerprint density at radius 3 is 2.69 bits per heavy atom. The van der Waals surface area contributed by atoms with E-state index in [1.54, 1.807) is 6.07 Å². The van der Waals surface area contributed by atoms with Gasteiger partial charge in [-0.3, -0.25) is 4.90 Å². The smallest absolute Gasteiger partial charge is 0.335 e. The van der Waals surface area contributed by atoms with Gasteiger partial charge in [-0.2, -0.15) is 0 Å². The molecule has 2 aliphatic carbocycles. The second-order valence-electron chi connectivity index (χ2n) is 10.6. The van der Waals surface area contributed by atoms with E-state index in [4.69, 9.17) is 14.2 Å². The highest BCUT2D eigenvalue weighted by Crippen LogP contribution is 2.65. The average Bonchev–Trinajstić information content (AvgIpc) is 3.20. The Morgan fingerprint density at radius 2 is 1.97 bits per heavy atom. The molecule has 10 atom stereocenters. The number of nitrogens with zero attached hydrogens (tertiary/aromatic N) is 1. The Balaban J connectivity index is 1.42. The molecule has 11 heteroatoms. The quantitative estimate of drug-likeness (QED) is 0.262. The van der Waals surface area contributed by atoms with E-state index in [-0.39, 0.29) is 11.8 Å². The van der Waals surface area contributed by atoms with Crippen molar-refractivity contribution < 1.29 is 49.6 Å². The van der Waals surface area contributed by atoms with E-state index in [9.17, 15) is 35.4 Å². The molecule has 0 radical (unpaired) electrons. The number of carboxylic acid groups (broad SMARTS) is 1. The van der Waals surface area contributed by atoms with Gasteiger partial charge in [-0.15, -0.1) is 6.58 Å². The molecule has 36 heavy (non-hydrogen) atoms. The van der Waals surface area contributed by atoms with Crippen molar-refractivity contribution in [3.8, 4) is 11.5 Å². The number of aliphatic hydroxyl groups is 5. The molecule has 0 aromatic heterocycles. The predicted octanol–water partition coefficient (Wildman–Crippen LogP) is -1.34. The van der Waals surface area contributed by atoms with Gasteiger partial charge in [-0.25, -0.2) is 4.79 Å². The second kappa shape index (κ2) is 8.12. The summed E-state index contributed by atoms with van der Waals surface area (Å²) in [5.74, 6) is -1.06. The van der Waals surface area contributed by atoms with Gasteiger partial charge in [0, 0.05) is 18.2 Å². The number of aliphatic hydroxyl groups excluding tert-OH is 4. The van der Waals surface area contributed by atoms with Crippen molar-refractivity contribution in [2.24, 2.45) is 0 Å². The lowest BCUT2D eigenvalue weighted by molar-refractivity contribution is -0.271. The predicted molar refractivity (Wildman–Crippen MR) is 122 cm³/mol. The van der Waals surface area contributed by atoms with Gasteiger partial charge in [-0.1, -0.05) is 12.1 Å². The number of ether oxygens (including phenoxy) is 3. The molecule has 6 rings (SSSR count). The van der Waals surface area contributed by atoms with Crippen LogP contribution < -0.4 is 9.47 Å². The summed E-state index contributed by atoms with van der Waals surface area (Å²) in [5, 5.41) is 63.2. The molecule has 1 aromatic rings. The maximum atomic E-state index is 12.2. The summed E-state index contributed by atoms with van der Waals surface area (Å²) in [5.41, 5.74) is -0.284. The summed E-state index contributed by atoms with van der Waals surface area (Å²) in [6, 6.07) is 3.29. The summed E-state index contributed by atoms with van der Waals surface area (Å²) in [6.45, 7) is 5.18. The van der Waals surface area contributed by atoms with Crippen LogP contribution >= 0.6 is 0 Å². The first-order valence-electron chi connectivity index (χ1n) is 12.3. The molecule has 196 valence electrons. The van der Waals surface area contributed by atoms with Crippen LogP contribution in [-0.2, 0) is 21.4 Å². The highest BCUT2D eigenvalue weighted by Gasteiger charge is 2.72. The molecule has 1 spiro atoms. The van der Waals surface area contributed by atoms with Gasteiger partial charge in [0.25, 0.3) is 0 Å². The zero-order chi connectivity index (χ0) is 25.6. The molecule has 3 aliphatic heterocycles. The fraction of sp³-hybridized carbons (Fsp3) is 0.640. The van der Waals surface area contributed by atoms with Crippen molar-refractivity contribution in [2.45, 2.75) is 85.7 Å². The molecular weight excluding hydrogens is 474 g/mol. The average molecular weight is 506 g/mol. The summed E-state index contributed by atoms with van der Waals surface area (Å²) in [7, 11) is 0. The van der Waals surface area contributed by atoms with Gasteiger partial charge in [-0.05, 0) is 43.9 Å². The molecule has 0 amide bonds.